The normalized spacial score (nSPS) is 11.7. The zero-order valence-corrected chi connectivity index (χ0v) is 10.6. The quantitative estimate of drug-likeness (QED) is 0.774. The van der Waals surface area contributed by atoms with Gasteiger partial charge in [-0.1, -0.05) is 26.0 Å². The van der Waals surface area contributed by atoms with E-state index in [0.29, 0.717) is 11.2 Å². The monoisotopic (exact) mass is 221 g/mol. The van der Waals surface area contributed by atoms with Gasteiger partial charge < -0.3 is 10.4 Å². The minimum Gasteiger partial charge on any atom is -0.508 e. The Morgan fingerprint density at radius 2 is 1.69 bits per heavy atom. The van der Waals surface area contributed by atoms with Crippen LogP contribution in [0.25, 0.3) is 0 Å². The van der Waals surface area contributed by atoms with E-state index in [9.17, 15) is 5.11 Å². The fraction of sp³-hybridized carbons (Fsp3) is 0.571. The molecule has 1 rings (SSSR count). The minimum absolute atomic E-state index is 0.339. The fourth-order valence-electron chi connectivity index (χ4n) is 2.23. The van der Waals surface area contributed by atoms with Crippen LogP contribution < -0.4 is 5.32 Å². The highest BCUT2D eigenvalue weighted by molar-refractivity contribution is 5.26. The molecule has 90 valence electrons. The minimum atomic E-state index is 0.339. The Labute approximate surface area is 98.7 Å². The van der Waals surface area contributed by atoms with Gasteiger partial charge in [0.15, 0.2) is 0 Å². The molecule has 0 saturated carbocycles. The molecule has 0 heterocycles. The molecule has 0 aliphatic carbocycles. The zero-order valence-electron chi connectivity index (χ0n) is 10.6. The van der Waals surface area contributed by atoms with Crippen LogP contribution in [0.2, 0.25) is 0 Å². The molecule has 16 heavy (non-hydrogen) atoms. The summed E-state index contributed by atoms with van der Waals surface area (Å²) in [6.07, 6.45) is 3.41. The van der Waals surface area contributed by atoms with E-state index in [1.54, 1.807) is 12.1 Å². The Morgan fingerprint density at radius 1 is 1.12 bits per heavy atom. The van der Waals surface area contributed by atoms with Crippen molar-refractivity contribution in [3.63, 3.8) is 0 Å². The van der Waals surface area contributed by atoms with Crippen LogP contribution in [-0.4, -0.2) is 18.7 Å². The number of nitrogens with one attached hydrogen (secondary N) is 1. The van der Waals surface area contributed by atoms with Crippen LogP contribution in [0.3, 0.4) is 0 Å². The number of benzene rings is 1. The maximum Gasteiger partial charge on any atom is 0.115 e. The molecule has 0 bridgehead atoms. The predicted molar refractivity (Wildman–Crippen MR) is 68.8 cm³/mol. The second-order valence-electron chi connectivity index (χ2n) is 4.58. The summed E-state index contributed by atoms with van der Waals surface area (Å²) in [4.78, 5) is 0. The van der Waals surface area contributed by atoms with Gasteiger partial charge in [-0.25, -0.2) is 0 Å². The summed E-state index contributed by atoms with van der Waals surface area (Å²) in [6.45, 7) is 5.55. The van der Waals surface area contributed by atoms with Crippen molar-refractivity contribution in [2.24, 2.45) is 5.41 Å². The van der Waals surface area contributed by atoms with Crippen molar-refractivity contribution in [1.29, 1.82) is 0 Å². The summed E-state index contributed by atoms with van der Waals surface area (Å²) in [5.74, 6) is 0.343. The number of hydrogen-bond acceptors (Lipinski definition) is 2. The standard InChI is InChI=1S/C14H23NO/c1-4-14(5-2,11-15-3)10-12-6-8-13(16)9-7-12/h6-9,15-16H,4-5,10-11H2,1-3H3. The lowest BCUT2D eigenvalue weighted by atomic mass is 9.77. The number of rotatable bonds is 6. The lowest BCUT2D eigenvalue weighted by Crippen LogP contribution is -2.33. The van der Waals surface area contributed by atoms with E-state index in [1.807, 2.05) is 19.2 Å². The molecule has 0 fully saturated rings. The van der Waals surface area contributed by atoms with E-state index in [1.165, 1.54) is 18.4 Å². The predicted octanol–water partition coefficient (Wildman–Crippen LogP) is 2.96. The second kappa shape index (κ2) is 5.90. The van der Waals surface area contributed by atoms with E-state index >= 15 is 0 Å². The summed E-state index contributed by atoms with van der Waals surface area (Å²) in [5, 5.41) is 12.6. The molecule has 2 heteroatoms. The number of aromatic hydroxyl groups is 1. The smallest absolute Gasteiger partial charge is 0.115 e. The Hall–Kier alpha value is -1.02. The molecule has 0 atom stereocenters. The molecular weight excluding hydrogens is 198 g/mol. The number of phenols is 1. The lowest BCUT2D eigenvalue weighted by Gasteiger charge is -2.31. The van der Waals surface area contributed by atoms with Crippen molar-refractivity contribution < 1.29 is 5.11 Å². The van der Waals surface area contributed by atoms with Crippen LogP contribution in [0.1, 0.15) is 32.3 Å². The van der Waals surface area contributed by atoms with Gasteiger partial charge >= 0.3 is 0 Å². The van der Waals surface area contributed by atoms with E-state index in [-0.39, 0.29) is 0 Å². The first-order chi connectivity index (χ1) is 7.65. The van der Waals surface area contributed by atoms with Crippen molar-refractivity contribution in [2.75, 3.05) is 13.6 Å². The average molecular weight is 221 g/mol. The second-order valence-corrected chi connectivity index (χ2v) is 4.58. The lowest BCUT2D eigenvalue weighted by molar-refractivity contribution is 0.253. The third-order valence-corrected chi connectivity index (χ3v) is 3.57. The topological polar surface area (TPSA) is 32.3 Å². The fourth-order valence-corrected chi connectivity index (χ4v) is 2.23. The molecule has 0 amide bonds. The highest BCUT2D eigenvalue weighted by Crippen LogP contribution is 2.30. The highest BCUT2D eigenvalue weighted by Gasteiger charge is 2.25. The molecule has 0 spiro atoms. The van der Waals surface area contributed by atoms with Crippen molar-refractivity contribution in [3.8, 4) is 5.75 Å². The van der Waals surface area contributed by atoms with Gasteiger partial charge in [-0.2, -0.15) is 0 Å². The van der Waals surface area contributed by atoms with E-state index in [0.717, 1.165) is 13.0 Å². The average Bonchev–Trinajstić information content (AvgIpc) is 2.31. The van der Waals surface area contributed by atoms with Gasteiger partial charge in [0.2, 0.25) is 0 Å². The summed E-state index contributed by atoms with van der Waals surface area (Å²) in [5.41, 5.74) is 1.64. The summed E-state index contributed by atoms with van der Waals surface area (Å²) < 4.78 is 0. The molecule has 0 aliphatic heterocycles. The third kappa shape index (κ3) is 3.24. The molecule has 1 aromatic carbocycles. The molecule has 1 aromatic rings. The van der Waals surface area contributed by atoms with Gasteiger partial charge in [0.05, 0.1) is 0 Å². The molecule has 2 N–H and O–H groups in total. The van der Waals surface area contributed by atoms with Gasteiger partial charge in [0.1, 0.15) is 5.75 Å². The maximum atomic E-state index is 9.26. The SMILES string of the molecule is CCC(CC)(CNC)Cc1ccc(O)cc1. The van der Waals surface area contributed by atoms with E-state index < -0.39 is 0 Å². The molecule has 0 radical (unpaired) electrons. The Morgan fingerprint density at radius 3 is 2.12 bits per heavy atom. The molecule has 0 aromatic heterocycles. The van der Waals surface area contributed by atoms with Crippen molar-refractivity contribution in [3.05, 3.63) is 29.8 Å². The largest absolute Gasteiger partial charge is 0.508 e. The van der Waals surface area contributed by atoms with Crippen LogP contribution in [-0.2, 0) is 6.42 Å². The summed E-state index contributed by atoms with van der Waals surface area (Å²) >= 11 is 0. The van der Waals surface area contributed by atoms with Gasteiger partial charge in [-0.15, -0.1) is 0 Å². The van der Waals surface area contributed by atoms with Crippen molar-refractivity contribution >= 4 is 0 Å². The molecule has 0 saturated heterocycles. The zero-order chi connectivity index (χ0) is 12.0. The number of hydrogen-bond donors (Lipinski definition) is 2. The Bertz CT molecular complexity index is 301. The Kier molecular flexibility index (Phi) is 4.81. The molecular formula is C14H23NO. The summed E-state index contributed by atoms with van der Waals surface area (Å²) in [6, 6.07) is 7.58. The van der Waals surface area contributed by atoms with Crippen molar-refractivity contribution in [1.82, 2.24) is 5.32 Å². The van der Waals surface area contributed by atoms with Gasteiger partial charge in [-0.3, -0.25) is 0 Å². The molecule has 0 unspecified atom stereocenters. The van der Waals surface area contributed by atoms with Crippen molar-refractivity contribution in [2.45, 2.75) is 33.1 Å². The highest BCUT2D eigenvalue weighted by atomic mass is 16.3. The third-order valence-electron chi connectivity index (χ3n) is 3.57. The van der Waals surface area contributed by atoms with Crippen LogP contribution in [0.15, 0.2) is 24.3 Å². The molecule has 2 nitrogen and oxygen atoms in total. The first-order valence-corrected chi connectivity index (χ1v) is 6.08. The van der Waals surface area contributed by atoms with E-state index in [4.69, 9.17) is 0 Å². The van der Waals surface area contributed by atoms with Gasteiger partial charge in [0.25, 0.3) is 0 Å². The maximum absolute atomic E-state index is 9.26. The first-order valence-electron chi connectivity index (χ1n) is 6.08. The first kappa shape index (κ1) is 13.0. The molecule has 0 aliphatic rings. The van der Waals surface area contributed by atoms with Crippen LogP contribution in [0, 0.1) is 5.41 Å². The van der Waals surface area contributed by atoms with Crippen LogP contribution in [0.4, 0.5) is 0 Å². The summed E-state index contributed by atoms with van der Waals surface area (Å²) in [7, 11) is 2.01. The van der Waals surface area contributed by atoms with Crippen LogP contribution in [0.5, 0.6) is 5.75 Å². The Balaban J connectivity index is 2.78. The van der Waals surface area contributed by atoms with E-state index in [2.05, 4.69) is 19.2 Å². The van der Waals surface area contributed by atoms with Gasteiger partial charge in [0, 0.05) is 6.54 Å². The van der Waals surface area contributed by atoms with Gasteiger partial charge in [-0.05, 0) is 49.4 Å². The van der Waals surface area contributed by atoms with Crippen LogP contribution >= 0.6 is 0 Å². The number of phenolic OH excluding ortho intramolecular Hbond substituents is 1.